The zero-order valence-corrected chi connectivity index (χ0v) is 12.4. The number of hydrogen-bond donors (Lipinski definition) is 4. The Morgan fingerprint density at radius 1 is 0.955 bits per heavy atom. The highest BCUT2D eigenvalue weighted by atomic mass is 32.1. The Kier molecular flexibility index (Phi) is 4.09. The van der Waals surface area contributed by atoms with Gasteiger partial charge in [-0.3, -0.25) is 10.6 Å². The molecule has 118 valence electrons. The van der Waals surface area contributed by atoms with Gasteiger partial charge >= 0.3 is 12.2 Å². The second kappa shape index (κ2) is 8.74. The second-order valence-corrected chi connectivity index (χ2v) is 4.30. The molecule has 22 heavy (non-hydrogen) atoms. The first kappa shape index (κ1) is 10.3. The number of ether oxygens (including phenoxy) is 2. The number of nitrogens with one attached hydrogen (secondary N) is 4. The highest BCUT2D eigenvalue weighted by Gasteiger charge is 2.09. The number of hydrogen-bond acceptors (Lipinski definition) is 6. The van der Waals surface area contributed by atoms with E-state index in [9.17, 15) is 9.59 Å². The van der Waals surface area contributed by atoms with Gasteiger partial charge in [-0.2, -0.15) is 0 Å². The smallest absolute Gasteiger partial charge is 0.413 e. The molecule has 0 unspecified atom stereocenters. The van der Waals surface area contributed by atoms with E-state index in [1.54, 1.807) is 12.1 Å². The molecule has 2 amide bonds. The van der Waals surface area contributed by atoms with Crippen LogP contribution in [-0.2, 0) is 9.47 Å². The van der Waals surface area contributed by atoms with E-state index in [2.05, 4.69) is 20.1 Å². The van der Waals surface area contributed by atoms with E-state index >= 15 is 0 Å². The summed E-state index contributed by atoms with van der Waals surface area (Å²) in [5, 5.41) is 8.68. The Morgan fingerprint density at radius 2 is 1.36 bits per heavy atom. The number of anilines is 2. The third kappa shape index (κ3) is 5.89. The fourth-order valence-electron chi connectivity index (χ4n) is 1.24. The molecule has 0 saturated heterocycles. The lowest BCUT2D eigenvalue weighted by Crippen LogP contribution is -2.35. The summed E-state index contributed by atoms with van der Waals surface area (Å²) in [6.45, 7) is 0. The van der Waals surface area contributed by atoms with Crippen molar-refractivity contribution < 1.29 is 27.3 Å². The van der Waals surface area contributed by atoms with Crippen LogP contribution in [0.3, 0.4) is 0 Å². The van der Waals surface area contributed by atoms with Crippen LogP contribution in [0.5, 0.6) is 0 Å². The fraction of sp³-hybridized carbons (Fsp3) is 0.167. The number of carbonyl (C=O) groups is 2. The van der Waals surface area contributed by atoms with Crippen LogP contribution in [-0.4, -0.2) is 36.5 Å². The number of carbonyl (C=O) groups excluding carboxylic acids is 2. The molecule has 0 radical (unpaired) electrons. The summed E-state index contributed by atoms with van der Waals surface area (Å²) in [4.78, 5) is 22.8. The molecule has 8 nitrogen and oxygen atoms in total. The average Bonchev–Trinajstić information content (AvgIpc) is 2.44. The fourth-order valence-corrected chi connectivity index (χ4v) is 1.63. The van der Waals surface area contributed by atoms with Crippen molar-refractivity contribution in [2.75, 3.05) is 24.7 Å². The minimum Gasteiger partial charge on any atom is -0.453 e. The van der Waals surface area contributed by atoms with Crippen molar-refractivity contribution >= 4 is 58.2 Å². The Hall–Kier alpha value is -2.46. The molecular formula is C12H14N4O4S2. The molecule has 0 bridgehead atoms. The summed E-state index contributed by atoms with van der Waals surface area (Å²) in [5.74, 6) is 0. The van der Waals surface area contributed by atoms with Gasteiger partial charge in [0.15, 0.2) is 10.2 Å². The first-order valence-electron chi connectivity index (χ1n) is 8.46. The van der Waals surface area contributed by atoms with Crippen molar-refractivity contribution in [1.29, 1.82) is 0 Å². The summed E-state index contributed by atoms with van der Waals surface area (Å²) in [5.41, 5.74) is 0.574. The molecule has 1 aromatic rings. The van der Waals surface area contributed by atoms with Gasteiger partial charge in [0.1, 0.15) is 0 Å². The predicted octanol–water partition coefficient (Wildman–Crippen LogP) is 1.79. The molecular weight excluding hydrogens is 328 g/mol. The van der Waals surface area contributed by atoms with Crippen LogP contribution in [0.2, 0.25) is 0 Å². The lowest BCUT2D eigenvalue weighted by Gasteiger charge is -2.15. The van der Waals surface area contributed by atoms with E-state index in [1.165, 1.54) is 12.1 Å². The molecule has 0 aliphatic carbocycles. The minimum absolute atomic E-state index is 0.274. The second-order valence-electron chi connectivity index (χ2n) is 3.48. The number of rotatable bonds is 2. The standard InChI is InChI=1S/C12H14N4O4S2/c1-19-11(17)15-9(21)13-7-5-3-4-6-8(7)14-10(22)16-12(18)20-2/h3-6H,1-2H3,(H2,13,15,17,21)(H2,14,16,18,22)/i1D3,2D3. The zero-order chi connectivity index (χ0) is 21.5. The molecule has 0 aliphatic heterocycles. The Labute approximate surface area is 146 Å². The number of benzene rings is 1. The van der Waals surface area contributed by atoms with Gasteiger partial charge in [-0.1, -0.05) is 12.1 Å². The van der Waals surface area contributed by atoms with Crippen molar-refractivity contribution in [1.82, 2.24) is 10.6 Å². The van der Waals surface area contributed by atoms with Gasteiger partial charge in [-0.05, 0) is 36.6 Å². The lowest BCUT2D eigenvalue weighted by molar-refractivity contribution is 0.176. The number of para-hydroxylation sites is 2. The highest BCUT2D eigenvalue weighted by molar-refractivity contribution is 7.80. The van der Waals surface area contributed by atoms with Gasteiger partial charge in [0.05, 0.1) is 33.7 Å². The number of alkyl carbamates (subject to hydrolysis) is 2. The van der Waals surface area contributed by atoms with E-state index in [0.717, 1.165) is 0 Å². The Bertz CT molecular complexity index is 708. The predicted molar refractivity (Wildman–Crippen MR) is 90.0 cm³/mol. The van der Waals surface area contributed by atoms with Crippen LogP contribution in [0.25, 0.3) is 0 Å². The topological polar surface area (TPSA) is 101 Å². The summed E-state index contributed by atoms with van der Waals surface area (Å²) in [6.07, 6.45) is -2.57. The molecule has 10 heteroatoms. The maximum Gasteiger partial charge on any atom is 0.413 e. The monoisotopic (exact) mass is 348 g/mol. The van der Waals surface area contributed by atoms with E-state index in [1.807, 2.05) is 10.6 Å². The van der Waals surface area contributed by atoms with Gasteiger partial charge < -0.3 is 20.1 Å². The highest BCUT2D eigenvalue weighted by Crippen LogP contribution is 2.20. The molecule has 0 aromatic heterocycles. The number of amides is 2. The molecule has 4 N–H and O–H groups in total. The normalized spacial score (nSPS) is 14.4. The van der Waals surface area contributed by atoms with Crippen LogP contribution in [0.4, 0.5) is 21.0 Å². The quantitative estimate of drug-likeness (QED) is 0.600. The largest absolute Gasteiger partial charge is 0.453 e. The summed E-state index contributed by atoms with van der Waals surface area (Å²) in [6, 6.07) is 6.26. The first-order valence-corrected chi connectivity index (χ1v) is 6.28. The number of methoxy groups -OCH3 is 2. The Morgan fingerprint density at radius 3 is 1.73 bits per heavy atom. The van der Waals surface area contributed by atoms with Crippen molar-refractivity contribution in [3.8, 4) is 0 Å². The molecule has 1 aromatic carbocycles. The lowest BCUT2D eigenvalue weighted by atomic mass is 10.2. The summed E-state index contributed by atoms with van der Waals surface area (Å²) < 4.78 is 49.2. The van der Waals surface area contributed by atoms with E-state index < -0.39 is 26.3 Å². The minimum atomic E-state index is -2.93. The number of thiocarbonyl (C=S) groups is 2. The summed E-state index contributed by atoms with van der Waals surface area (Å²) in [7, 11) is -5.86. The average molecular weight is 348 g/mol. The molecule has 0 heterocycles. The SMILES string of the molecule is [2H]C([2H])([2H])OC(=O)NC(=S)Nc1ccccc1NC(=S)NC(=O)OC([2H])([2H])[2H]. The zero-order valence-electron chi connectivity index (χ0n) is 16.8. The van der Waals surface area contributed by atoms with Crippen LogP contribution in [0, 0.1) is 0 Å². The van der Waals surface area contributed by atoms with Gasteiger partial charge in [0, 0.05) is 0 Å². The molecule has 0 aliphatic rings. The molecule has 0 spiro atoms. The van der Waals surface area contributed by atoms with Crippen molar-refractivity contribution in [3.63, 3.8) is 0 Å². The van der Waals surface area contributed by atoms with E-state index in [-0.39, 0.29) is 21.6 Å². The summed E-state index contributed by atoms with van der Waals surface area (Å²) >= 11 is 9.77. The van der Waals surface area contributed by atoms with Crippen molar-refractivity contribution in [3.05, 3.63) is 24.3 Å². The van der Waals surface area contributed by atoms with Crippen molar-refractivity contribution in [2.45, 2.75) is 0 Å². The third-order valence-electron chi connectivity index (χ3n) is 2.04. The maximum absolute atomic E-state index is 11.4. The molecule has 0 saturated carbocycles. The van der Waals surface area contributed by atoms with Gasteiger partial charge in [0.25, 0.3) is 0 Å². The van der Waals surface area contributed by atoms with Crippen LogP contribution < -0.4 is 21.3 Å². The molecule has 0 atom stereocenters. The molecule has 1 rings (SSSR count). The third-order valence-corrected chi connectivity index (χ3v) is 2.45. The van der Waals surface area contributed by atoms with Crippen LogP contribution in [0.1, 0.15) is 8.22 Å². The van der Waals surface area contributed by atoms with Crippen LogP contribution >= 0.6 is 24.4 Å². The van der Waals surface area contributed by atoms with Gasteiger partial charge in [0.2, 0.25) is 0 Å². The molecule has 0 fully saturated rings. The van der Waals surface area contributed by atoms with E-state index in [4.69, 9.17) is 32.7 Å². The Balaban J connectivity index is 2.69. The van der Waals surface area contributed by atoms with E-state index in [0.29, 0.717) is 0 Å². The van der Waals surface area contributed by atoms with Gasteiger partial charge in [-0.15, -0.1) is 0 Å². The van der Waals surface area contributed by atoms with Crippen molar-refractivity contribution in [2.24, 2.45) is 0 Å². The maximum atomic E-state index is 11.4. The first-order chi connectivity index (χ1) is 12.7. The van der Waals surface area contributed by atoms with Crippen LogP contribution in [0.15, 0.2) is 24.3 Å². The van der Waals surface area contributed by atoms with Gasteiger partial charge in [-0.25, -0.2) is 9.59 Å².